The molecule has 0 heterocycles. The summed E-state index contributed by atoms with van der Waals surface area (Å²) in [5, 5.41) is 4.61. The third-order valence-corrected chi connectivity index (χ3v) is 5.86. The number of hydrogen-bond donors (Lipinski definition) is 1. The summed E-state index contributed by atoms with van der Waals surface area (Å²) in [7, 11) is 0. The van der Waals surface area contributed by atoms with Crippen LogP contribution in [0.4, 0.5) is 0 Å². The summed E-state index contributed by atoms with van der Waals surface area (Å²) in [6.07, 6.45) is 0.404. The summed E-state index contributed by atoms with van der Waals surface area (Å²) in [5.74, 6) is -0.502. The summed E-state index contributed by atoms with van der Waals surface area (Å²) < 4.78 is 0. The highest BCUT2D eigenvalue weighted by atomic mass is 35.5. The molecule has 0 saturated heterocycles. The monoisotopic (exact) mass is 488 g/mol. The molecule has 0 aliphatic rings. The quantitative estimate of drug-likeness (QED) is 0.481. The van der Waals surface area contributed by atoms with Crippen molar-refractivity contribution in [3.63, 3.8) is 0 Å². The fourth-order valence-electron chi connectivity index (χ4n) is 3.09. The molecule has 30 heavy (non-hydrogen) atoms. The van der Waals surface area contributed by atoms with Crippen LogP contribution in [0.5, 0.6) is 0 Å². The van der Waals surface area contributed by atoms with Crippen molar-refractivity contribution in [3.05, 3.63) is 67.6 Å². The number of nitrogens with zero attached hydrogens (tertiary/aromatic N) is 1. The predicted octanol–water partition coefficient (Wildman–Crippen LogP) is 6.17. The Balaban J connectivity index is 2.40. The largest absolute Gasteiger partial charge is 0.352 e. The molecule has 2 aromatic carbocycles. The van der Waals surface area contributed by atoms with E-state index in [9.17, 15) is 9.59 Å². The zero-order valence-electron chi connectivity index (χ0n) is 17.0. The van der Waals surface area contributed by atoms with Crippen molar-refractivity contribution in [1.29, 1.82) is 0 Å². The molecule has 8 heteroatoms. The maximum absolute atomic E-state index is 13.3. The number of halogens is 4. The van der Waals surface area contributed by atoms with Crippen LogP contribution in [0.2, 0.25) is 20.1 Å². The Kier molecular flexibility index (Phi) is 9.30. The number of rotatable bonds is 8. The van der Waals surface area contributed by atoms with Gasteiger partial charge < -0.3 is 10.2 Å². The molecule has 0 radical (unpaired) electrons. The summed E-state index contributed by atoms with van der Waals surface area (Å²) >= 11 is 24.8. The van der Waals surface area contributed by atoms with E-state index in [1.165, 1.54) is 4.90 Å². The molecule has 2 rings (SSSR count). The van der Waals surface area contributed by atoms with E-state index in [0.717, 1.165) is 0 Å². The molecule has 1 N–H and O–H groups in total. The summed E-state index contributed by atoms with van der Waals surface area (Å²) in [5.41, 5.74) is 1.22. The number of carbonyl (C=O) groups is 2. The fraction of sp³-hybridized carbons (Fsp3) is 0.364. The van der Waals surface area contributed by atoms with E-state index < -0.39 is 6.04 Å². The molecule has 2 aromatic rings. The van der Waals surface area contributed by atoms with Crippen molar-refractivity contribution in [3.8, 4) is 0 Å². The van der Waals surface area contributed by atoms with Crippen LogP contribution in [0.25, 0.3) is 0 Å². The van der Waals surface area contributed by atoms with Gasteiger partial charge in [-0.3, -0.25) is 9.59 Å². The lowest BCUT2D eigenvalue weighted by molar-refractivity contribution is -0.141. The van der Waals surface area contributed by atoms with Gasteiger partial charge in [-0.15, -0.1) is 0 Å². The molecule has 1 unspecified atom stereocenters. The van der Waals surface area contributed by atoms with Crippen LogP contribution in [0.1, 0.15) is 38.3 Å². The van der Waals surface area contributed by atoms with Gasteiger partial charge in [0.1, 0.15) is 6.04 Å². The second-order valence-electron chi connectivity index (χ2n) is 7.22. The molecule has 0 bridgehead atoms. The molecular weight excluding hydrogens is 466 g/mol. The van der Waals surface area contributed by atoms with Gasteiger partial charge in [-0.05, 0) is 55.7 Å². The molecule has 4 nitrogen and oxygen atoms in total. The topological polar surface area (TPSA) is 49.4 Å². The van der Waals surface area contributed by atoms with Crippen LogP contribution < -0.4 is 5.32 Å². The number of carbonyl (C=O) groups excluding carboxylic acids is 2. The van der Waals surface area contributed by atoms with Gasteiger partial charge in [0.2, 0.25) is 11.8 Å². The lowest BCUT2D eigenvalue weighted by Crippen LogP contribution is -2.50. The first-order chi connectivity index (χ1) is 14.1. The summed E-state index contributed by atoms with van der Waals surface area (Å²) in [4.78, 5) is 27.7. The van der Waals surface area contributed by atoms with Crippen molar-refractivity contribution < 1.29 is 9.59 Å². The Morgan fingerprint density at radius 3 is 2.17 bits per heavy atom. The first kappa shape index (κ1) is 24.8. The Hall–Kier alpha value is -1.46. The maximum atomic E-state index is 13.3. The van der Waals surface area contributed by atoms with Gasteiger partial charge in [-0.25, -0.2) is 0 Å². The van der Waals surface area contributed by atoms with Crippen molar-refractivity contribution >= 4 is 58.2 Å². The first-order valence-electron chi connectivity index (χ1n) is 9.60. The Morgan fingerprint density at radius 1 is 1.00 bits per heavy atom. The van der Waals surface area contributed by atoms with Crippen LogP contribution in [0, 0.1) is 0 Å². The highest BCUT2D eigenvalue weighted by molar-refractivity contribution is 6.36. The molecule has 2 amide bonds. The molecule has 162 valence electrons. The Labute approximate surface area is 197 Å². The van der Waals surface area contributed by atoms with Crippen molar-refractivity contribution in [1.82, 2.24) is 10.2 Å². The molecule has 0 fully saturated rings. The SMILES string of the molecule is CCC(C(=O)NC(C)C)N(Cc1ccc(Cl)cc1Cl)C(=O)Cc1c(Cl)cccc1Cl. The van der Waals surface area contributed by atoms with Gasteiger partial charge in [0.05, 0.1) is 6.42 Å². The molecule has 0 spiro atoms. The molecule has 0 aliphatic heterocycles. The second kappa shape index (κ2) is 11.2. The number of benzene rings is 2. The average Bonchev–Trinajstić information content (AvgIpc) is 2.65. The van der Waals surface area contributed by atoms with Crippen LogP contribution in [-0.4, -0.2) is 28.8 Å². The summed E-state index contributed by atoms with van der Waals surface area (Å²) in [6.45, 7) is 5.75. The third kappa shape index (κ3) is 6.52. The molecule has 0 aliphatic carbocycles. The first-order valence-corrected chi connectivity index (χ1v) is 11.1. The van der Waals surface area contributed by atoms with Crippen molar-refractivity contribution in [2.45, 2.75) is 52.2 Å². The number of amides is 2. The lowest BCUT2D eigenvalue weighted by atomic mass is 10.1. The van der Waals surface area contributed by atoms with E-state index >= 15 is 0 Å². The Morgan fingerprint density at radius 2 is 1.63 bits per heavy atom. The lowest BCUT2D eigenvalue weighted by Gasteiger charge is -2.31. The van der Waals surface area contributed by atoms with Gasteiger partial charge in [-0.2, -0.15) is 0 Å². The zero-order chi connectivity index (χ0) is 22.4. The van der Waals surface area contributed by atoms with Gasteiger partial charge >= 0.3 is 0 Å². The average molecular weight is 490 g/mol. The van der Waals surface area contributed by atoms with Crippen LogP contribution >= 0.6 is 46.4 Å². The van der Waals surface area contributed by atoms with Crippen LogP contribution in [0.15, 0.2) is 36.4 Å². The summed E-state index contributed by atoms with van der Waals surface area (Å²) in [6, 6.07) is 9.41. The minimum Gasteiger partial charge on any atom is -0.352 e. The van der Waals surface area contributed by atoms with Crippen molar-refractivity contribution in [2.24, 2.45) is 0 Å². The van der Waals surface area contributed by atoms with Gasteiger partial charge in [0.15, 0.2) is 0 Å². The van der Waals surface area contributed by atoms with Crippen molar-refractivity contribution in [2.75, 3.05) is 0 Å². The van der Waals surface area contributed by atoms with Gasteiger partial charge in [-0.1, -0.05) is 65.5 Å². The smallest absolute Gasteiger partial charge is 0.243 e. The Bertz CT molecular complexity index is 898. The normalized spacial score (nSPS) is 12.0. The molecular formula is C22H24Cl4N2O2. The highest BCUT2D eigenvalue weighted by Gasteiger charge is 2.30. The number of hydrogen-bond acceptors (Lipinski definition) is 2. The van der Waals surface area contributed by atoms with Gasteiger partial charge in [0.25, 0.3) is 0 Å². The van der Waals surface area contributed by atoms with E-state index in [-0.39, 0.29) is 30.8 Å². The van der Waals surface area contributed by atoms with Crippen LogP contribution in [0.3, 0.4) is 0 Å². The minimum atomic E-state index is -0.673. The van der Waals surface area contributed by atoms with Gasteiger partial charge in [0, 0.05) is 32.7 Å². The molecule has 0 aromatic heterocycles. The second-order valence-corrected chi connectivity index (χ2v) is 8.88. The molecule has 1 atom stereocenters. The van der Waals surface area contributed by atoms with E-state index in [1.807, 2.05) is 20.8 Å². The zero-order valence-corrected chi connectivity index (χ0v) is 20.0. The van der Waals surface area contributed by atoms with E-state index in [2.05, 4.69) is 5.32 Å². The number of nitrogens with one attached hydrogen (secondary N) is 1. The van der Waals surface area contributed by atoms with E-state index in [4.69, 9.17) is 46.4 Å². The predicted molar refractivity (Wildman–Crippen MR) is 125 cm³/mol. The third-order valence-electron chi connectivity index (χ3n) is 4.56. The minimum absolute atomic E-state index is 0.0326. The van der Waals surface area contributed by atoms with E-state index in [1.54, 1.807) is 36.4 Å². The fourth-order valence-corrected chi connectivity index (χ4v) is 4.09. The maximum Gasteiger partial charge on any atom is 0.243 e. The highest BCUT2D eigenvalue weighted by Crippen LogP contribution is 2.27. The molecule has 0 saturated carbocycles. The standard InChI is InChI=1S/C22H24Cl4N2O2/c1-4-20(22(30)27-13(2)3)28(12-14-8-9-15(23)10-19(14)26)21(29)11-16-17(24)6-5-7-18(16)25/h5-10,13,20H,4,11-12H2,1-3H3,(H,27,30). The van der Waals surface area contributed by atoms with Crippen LogP contribution in [-0.2, 0) is 22.6 Å². The van der Waals surface area contributed by atoms with E-state index in [0.29, 0.717) is 37.6 Å².